The number of hydrogen-bond acceptors (Lipinski definition) is 2. The summed E-state index contributed by atoms with van der Waals surface area (Å²) in [6.07, 6.45) is 0. The van der Waals surface area contributed by atoms with Crippen LogP contribution in [0.5, 0.6) is 0 Å². The van der Waals surface area contributed by atoms with E-state index in [2.05, 4.69) is 31.9 Å². The molecule has 0 bridgehead atoms. The third kappa shape index (κ3) is 2.24. The fourth-order valence-electron chi connectivity index (χ4n) is 0.0525. The summed E-state index contributed by atoms with van der Waals surface area (Å²) < 4.78 is -0.401. The Balaban J connectivity index is 3.91. The van der Waals surface area contributed by atoms with Crippen molar-refractivity contribution in [2.45, 2.75) is 12.5 Å². The summed E-state index contributed by atoms with van der Waals surface area (Å²) >= 11 is 5.61. The van der Waals surface area contributed by atoms with Gasteiger partial charge in [0, 0.05) is 5.33 Å². The number of carbonyl (C=O) groups excluding carboxylic acids is 1. The Labute approximate surface area is 64.5 Å². The first-order valence-corrected chi connectivity index (χ1v) is 3.90. The van der Waals surface area contributed by atoms with Gasteiger partial charge in [0.15, 0.2) is 0 Å². The highest BCUT2D eigenvalue weighted by molar-refractivity contribution is 9.18. The molecule has 0 heterocycles. The molecule has 0 saturated carbocycles. The van der Waals surface area contributed by atoms with Gasteiger partial charge in [0.1, 0.15) is 5.60 Å². The van der Waals surface area contributed by atoms with Crippen LogP contribution in [0.3, 0.4) is 0 Å². The van der Waals surface area contributed by atoms with Crippen LogP contribution in [-0.4, -0.2) is 20.7 Å². The molecule has 0 radical (unpaired) electrons. The van der Waals surface area contributed by atoms with Crippen LogP contribution >= 0.6 is 31.9 Å². The molecule has 1 N–H and O–H groups in total. The van der Waals surface area contributed by atoms with Crippen LogP contribution in [0.15, 0.2) is 0 Å². The Kier molecular flexibility index (Phi) is 3.16. The minimum Gasteiger partial charge on any atom is -0.381 e. The third-order valence-electron chi connectivity index (χ3n) is 0.684. The number of aliphatic hydroxyl groups is 1. The van der Waals surface area contributed by atoms with Crippen molar-refractivity contribution in [3.63, 3.8) is 0 Å². The van der Waals surface area contributed by atoms with Crippen molar-refractivity contribution in [3.05, 3.63) is 0 Å². The summed E-state index contributed by atoms with van der Waals surface area (Å²) in [4.78, 5) is 10.3. The van der Waals surface area contributed by atoms with Gasteiger partial charge >= 0.3 is 0 Å². The molecule has 0 fully saturated rings. The standard InChI is InChI=1S/C4H6Br2O2/c1-4(8,2-5)3(6)7/h8H,2H2,1H3/t4-/m1/s1. The predicted molar refractivity (Wildman–Crippen MR) is 38.4 cm³/mol. The number of carbonyl (C=O) groups is 1. The topological polar surface area (TPSA) is 37.3 Å². The molecule has 0 amide bonds. The lowest BCUT2D eigenvalue weighted by Gasteiger charge is -2.12. The van der Waals surface area contributed by atoms with E-state index in [0.717, 1.165) is 0 Å². The molecule has 0 aromatic carbocycles. The molecule has 0 aliphatic heterocycles. The molecular formula is C4H6Br2O2. The lowest BCUT2D eigenvalue weighted by molar-refractivity contribution is -0.123. The summed E-state index contributed by atoms with van der Waals surface area (Å²) in [6.45, 7) is 1.43. The van der Waals surface area contributed by atoms with E-state index in [0.29, 0.717) is 0 Å². The Bertz CT molecular complexity index is 100. The molecule has 0 saturated heterocycles. The number of rotatable bonds is 2. The van der Waals surface area contributed by atoms with Crippen LogP contribution < -0.4 is 0 Å². The second kappa shape index (κ2) is 2.94. The molecule has 0 aromatic rings. The number of hydrogen-bond donors (Lipinski definition) is 1. The first-order valence-electron chi connectivity index (χ1n) is 1.99. The maximum atomic E-state index is 10.3. The van der Waals surface area contributed by atoms with Crippen LogP contribution in [0.2, 0.25) is 0 Å². The van der Waals surface area contributed by atoms with E-state index in [-0.39, 0.29) is 5.33 Å². The normalized spacial score (nSPS) is 17.5. The molecule has 4 heteroatoms. The van der Waals surface area contributed by atoms with E-state index in [1.807, 2.05) is 0 Å². The Hall–Kier alpha value is 0.590. The van der Waals surface area contributed by atoms with Crippen molar-refractivity contribution in [1.29, 1.82) is 0 Å². The summed E-state index contributed by atoms with van der Waals surface area (Å²) in [5, 5.41) is 9.21. The molecule has 0 unspecified atom stereocenters. The van der Waals surface area contributed by atoms with Crippen molar-refractivity contribution in [1.82, 2.24) is 0 Å². The van der Waals surface area contributed by atoms with Crippen LogP contribution in [0.4, 0.5) is 0 Å². The van der Waals surface area contributed by atoms with Gasteiger partial charge in [0.2, 0.25) is 4.69 Å². The van der Waals surface area contributed by atoms with Crippen molar-refractivity contribution < 1.29 is 9.90 Å². The van der Waals surface area contributed by atoms with Crippen molar-refractivity contribution >= 4 is 36.6 Å². The molecule has 0 aliphatic carbocycles. The van der Waals surface area contributed by atoms with Gasteiger partial charge in [-0.2, -0.15) is 0 Å². The van der Waals surface area contributed by atoms with Gasteiger partial charge in [-0.25, -0.2) is 0 Å². The second-order valence-electron chi connectivity index (χ2n) is 1.68. The van der Waals surface area contributed by atoms with Gasteiger partial charge < -0.3 is 5.11 Å². The quantitative estimate of drug-likeness (QED) is 0.584. The number of alkyl halides is 1. The molecule has 0 aromatic heterocycles. The van der Waals surface area contributed by atoms with E-state index in [4.69, 9.17) is 5.11 Å². The summed E-state index contributed by atoms with van der Waals surface area (Å²) in [5.41, 5.74) is -1.26. The first kappa shape index (κ1) is 8.59. The van der Waals surface area contributed by atoms with Crippen LogP contribution in [0.1, 0.15) is 6.92 Å². The molecule has 0 spiro atoms. The maximum Gasteiger partial charge on any atom is 0.229 e. The average Bonchev–Trinajstić information content (AvgIpc) is 1.67. The highest BCUT2D eigenvalue weighted by atomic mass is 79.9. The zero-order valence-electron chi connectivity index (χ0n) is 4.32. The average molecular weight is 246 g/mol. The monoisotopic (exact) mass is 244 g/mol. The van der Waals surface area contributed by atoms with Crippen molar-refractivity contribution in [2.75, 3.05) is 5.33 Å². The second-order valence-corrected chi connectivity index (χ2v) is 2.96. The van der Waals surface area contributed by atoms with E-state index in [9.17, 15) is 4.79 Å². The Morgan fingerprint density at radius 2 is 2.25 bits per heavy atom. The van der Waals surface area contributed by atoms with Gasteiger partial charge in [0.05, 0.1) is 0 Å². The van der Waals surface area contributed by atoms with Crippen LogP contribution in [0.25, 0.3) is 0 Å². The van der Waals surface area contributed by atoms with Gasteiger partial charge in [-0.3, -0.25) is 4.79 Å². The van der Waals surface area contributed by atoms with E-state index >= 15 is 0 Å². The lowest BCUT2D eigenvalue weighted by atomic mass is 10.2. The summed E-state index contributed by atoms with van der Waals surface area (Å²) in [6, 6.07) is 0. The van der Waals surface area contributed by atoms with Crippen LogP contribution in [-0.2, 0) is 4.79 Å². The zero-order chi connectivity index (χ0) is 6.78. The molecule has 2 nitrogen and oxygen atoms in total. The van der Waals surface area contributed by atoms with Crippen molar-refractivity contribution in [2.24, 2.45) is 0 Å². The van der Waals surface area contributed by atoms with Crippen molar-refractivity contribution in [3.8, 4) is 0 Å². The SMILES string of the molecule is C[C@@](O)(CBr)C(=O)Br. The van der Waals surface area contributed by atoms with E-state index in [1.54, 1.807) is 0 Å². The van der Waals surface area contributed by atoms with Gasteiger partial charge in [-0.05, 0) is 22.9 Å². The molecule has 0 aliphatic rings. The molecular weight excluding hydrogens is 240 g/mol. The smallest absolute Gasteiger partial charge is 0.229 e. The number of halogens is 2. The minimum atomic E-state index is -1.26. The Morgan fingerprint density at radius 3 is 2.25 bits per heavy atom. The molecule has 1 atom stereocenters. The van der Waals surface area contributed by atoms with Crippen LogP contribution in [0, 0.1) is 0 Å². The van der Waals surface area contributed by atoms with Gasteiger partial charge in [-0.15, -0.1) is 0 Å². The zero-order valence-corrected chi connectivity index (χ0v) is 7.49. The molecule has 0 rings (SSSR count). The molecule has 8 heavy (non-hydrogen) atoms. The largest absolute Gasteiger partial charge is 0.381 e. The minimum absolute atomic E-state index is 0.254. The summed E-state index contributed by atoms with van der Waals surface area (Å²) in [5.74, 6) is 0. The lowest BCUT2D eigenvalue weighted by Crippen LogP contribution is -2.32. The summed E-state index contributed by atoms with van der Waals surface area (Å²) in [7, 11) is 0. The van der Waals surface area contributed by atoms with E-state index < -0.39 is 10.3 Å². The van der Waals surface area contributed by atoms with Gasteiger partial charge in [0.25, 0.3) is 0 Å². The van der Waals surface area contributed by atoms with Gasteiger partial charge in [-0.1, -0.05) is 15.9 Å². The maximum absolute atomic E-state index is 10.3. The highest BCUT2D eigenvalue weighted by Crippen LogP contribution is 2.11. The Morgan fingerprint density at radius 1 is 1.88 bits per heavy atom. The first-order chi connectivity index (χ1) is 3.50. The molecule has 48 valence electrons. The fraction of sp³-hybridized carbons (Fsp3) is 0.750. The predicted octanol–water partition coefficient (Wildman–Crippen LogP) is 1.05. The third-order valence-corrected chi connectivity index (χ3v) is 2.63. The van der Waals surface area contributed by atoms with E-state index in [1.165, 1.54) is 6.92 Å². The highest BCUT2D eigenvalue weighted by Gasteiger charge is 2.25. The fourth-order valence-corrected chi connectivity index (χ4v) is 0.824.